The summed E-state index contributed by atoms with van der Waals surface area (Å²) in [5.41, 5.74) is 10.4. The molecule has 0 amide bonds. The van der Waals surface area contributed by atoms with E-state index in [1.54, 1.807) is 6.92 Å². The summed E-state index contributed by atoms with van der Waals surface area (Å²) in [7, 11) is 0. The van der Waals surface area contributed by atoms with E-state index in [-0.39, 0.29) is 6.04 Å². The summed E-state index contributed by atoms with van der Waals surface area (Å²) in [6.07, 6.45) is 0.329. The Morgan fingerprint density at radius 1 is 1.67 bits per heavy atom. The monoisotopic (exact) mass is 132 g/mol. The number of carbonyl (C=O) groups is 1. The van der Waals surface area contributed by atoms with Crippen LogP contribution in [0.2, 0.25) is 0 Å². The highest BCUT2D eigenvalue weighted by Crippen LogP contribution is 1.90. The lowest BCUT2D eigenvalue weighted by atomic mass is 10.1. The van der Waals surface area contributed by atoms with Crippen molar-refractivity contribution >= 4 is 5.97 Å². The first-order valence-corrected chi connectivity index (χ1v) is 2.78. The van der Waals surface area contributed by atoms with E-state index in [1.165, 1.54) is 0 Å². The normalized spacial score (nSPS) is 16.8. The topological polar surface area (TPSA) is 89.3 Å². The zero-order valence-corrected chi connectivity index (χ0v) is 5.37. The molecule has 0 radical (unpaired) electrons. The van der Waals surface area contributed by atoms with Crippen LogP contribution < -0.4 is 11.5 Å². The van der Waals surface area contributed by atoms with Crippen molar-refractivity contribution in [2.45, 2.75) is 25.4 Å². The molecule has 1 unspecified atom stereocenters. The zero-order valence-electron chi connectivity index (χ0n) is 5.37. The molecule has 0 aromatic heterocycles. The molecule has 4 nitrogen and oxygen atoms in total. The van der Waals surface area contributed by atoms with Crippen LogP contribution in [0, 0.1) is 0 Å². The first-order valence-electron chi connectivity index (χ1n) is 2.78. The van der Waals surface area contributed by atoms with Crippen molar-refractivity contribution in [1.29, 1.82) is 0 Å². The Labute approximate surface area is 53.8 Å². The van der Waals surface area contributed by atoms with Crippen molar-refractivity contribution < 1.29 is 9.90 Å². The summed E-state index contributed by atoms with van der Waals surface area (Å²) in [6.45, 7) is 1.72. The third kappa shape index (κ3) is 3.93. The molecule has 0 aliphatic carbocycles. The molecule has 0 bridgehead atoms. The zero-order chi connectivity index (χ0) is 7.44. The predicted octanol–water partition coefficient (Wildman–Crippen LogP) is -0.864. The third-order valence-electron chi connectivity index (χ3n) is 0.943. The van der Waals surface area contributed by atoms with Crippen LogP contribution in [0.25, 0.3) is 0 Å². The van der Waals surface area contributed by atoms with E-state index in [9.17, 15) is 4.79 Å². The summed E-state index contributed by atoms with van der Waals surface area (Å²) < 4.78 is 0. The average molecular weight is 132 g/mol. The number of hydrogen-bond donors (Lipinski definition) is 3. The Morgan fingerprint density at radius 3 is 2.22 bits per heavy atom. The molecule has 54 valence electrons. The Hall–Kier alpha value is -0.610. The van der Waals surface area contributed by atoms with Gasteiger partial charge in [0.2, 0.25) is 0 Å². The van der Waals surface area contributed by atoms with E-state index >= 15 is 0 Å². The summed E-state index contributed by atoms with van der Waals surface area (Å²) in [5, 5.41) is 8.25. The molecule has 9 heavy (non-hydrogen) atoms. The lowest BCUT2D eigenvalue weighted by Crippen LogP contribution is -2.35. The van der Waals surface area contributed by atoms with Crippen molar-refractivity contribution in [2.75, 3.05) is 0 Å². The van der Waals surface area contributed by atoms with E-state index < -0.39 is 12.0 Å². The molecule has 0 fully saturated rings. The van der Waals surface area contributed by atoms with Crippen LogP contribution in [0.15, 0.2) is 0 Å². The van der Waals surface area contributed by atoms with E-state index in [2.05, 4.69) is 0 Å². The smallest absolute Gasteiger partial charge is 0.320 e. The van der Waals surface area contributed by atoms with E-state index in [0.717, 1.165) is 0 Å². The molecule has 5 N–H and O–H groups in total. The van der Waals surface area contributed by atoms with E-state index in [4.69, 9.17) is 16.6 Å². The van der Waals surface area contributed by atoms with Crippen molar-refractivity contribution in [1.82, 2.24) is 0 Å². The van der Waals surface area contributed by atoms with Crippen LogP contribution in [0.3, 0.4) is 0 Å². The maximum absolute atomic E-state index is 10.1. The summed E-state index contributed by atoms with van der Waals surface area (Å²) in [5.74, 6) is -0.993. The fourth-order valence-electron chi connectivity index (χ4n) is 0.501. The van der Waals surface area contributed by atoms with Crippen LogP contribution in [0.5, 0.6) is 0 Å². The van der Waals surface area contributed by atoms with Gasteiger partial charge in [-0.05, 0) is 13.3 Å². The van der Waals surface area contributed by atoms with Crippen LogP contribution in [-0.2, 0) is 4.79 Å². The van der Waals surface area contributed by atoms with Gasteiger partial charge in [-0.2, -0.15) is 0 Å². The first kappa shape index (κ1) is 8.39. The van der Waals surface area contributed by atoms with Crippen LogP contribution in [0.1, 0.15) is 13.3 Å². The molecule has 0 aromatic rings. The highest BCUT2D eigenvalue weighted by atomic mass is 16.4. The van der Waals surface area contributed by atoms with Crippen molar-refractivity contribution in [3.05, 3.63) is 0 Å². The molecule has 0 heterocycles. The van der Waals surface area contributed by atoms with Crippen LogP contribution in [-0.4, -0.2) is 23.2 Å². The maximum atomic E-state index is 10.1. The third-order valence-corrected chi connectivity index (χ3v) is 0.943. The summed E-state index contributed by atoms with van der Waals surface area (Å²) in [4.78, 5) is 10.1. The van der Waals surface area contributed by atoms with E-state index in [1.807, 2.05) is 0 Å². The molecule has 4 heteroatoms. The molecule has 0 rings (SSSR count). The van der Waals surface area contributed by atoms with Gasteiger partial charge in [-0.25, -0.2) is 0 Å². The number of carboxylic acids is 1. The number of hydrogen-bond acceptors (Lipinski definition) is 3. The second kappa shape index (κ2) is 3.42. The number of aliphatic carboxylic acids is 1. The number of carboxylic acid groups (broad SMARTS) is 1. The van der Waals surface area contributed by atoms with Crippen LogP contribution >= 0.6 is 0 Å². The highest BCUT2D eigenvalue weighted by Gasteiger charge is 2.12. The maximum Gasteiger partial charge on any atom is 0.320 e. The SMILES string of the molecule is CC(N)C[C@H](N)C(=O)O. The summed E-state index contributed by atoms with van der Waals surface area (Å²) in [6, 6.07) is -0.957. The van der Waals surface area contributed by atoms with Gasteiger partial charge in [-0.3, -0.25) is 4.79 Å². The average Bonchev–Trinajstić information content (AvgIpc) is 1.63. The van der Waals surface area contributed by atoms with Gasteiger partial charge >= 0.3 is 5.97 Å². The lowest BCUT2D eigenvalue weighted by molar-refractivity contribution is -0.138. The Bertz CT molecular complexity index is 103. The Balaban J connectivity index is 3.50. The summed E-state index contributed by atoms with van der Waals surface area (Å²) >= 11 is 0. The largest absolute Gasteiger partial charge is 0.480 e. The van der Waals surface area contributed by atoms with Gasteiger partial charge in [-0.15, -0.1) is 0 Å². The van der Waals surface area contributed by atoms with Gasteiger partial charge in [0, 0.05) is 6.04 Å². The highest BCUT2D eigenvalue weighted by molar-refractivity contribution is 5.73. The second-order valence-electron chi connectivity index (χ2n) is 2.16. The van der Waals surface area contributed by atoms with Gasteiger partial charge in [0.15, 0.2) is 0 Å². The molecule has 0 aliphatic heterocycles. The van der Waals surface area contributed by atoms with Crippen molar-refractivity contribution in [3.8, 4) is 0 Å². The molecule has 0 saturated carbocycles. The molecular weight excluding hydrogens is 120 g/mol. The fraction of sp³-hybridized carbons (Fsp3) is 0.800. The number of rotatable bonds is 3. The second-order valence-corrected chi connectivity index (χ2v) is 2.16. The Morgan fingerprint density at radius 2 is 2.11 bits per heavy atom. The molecule has 0 aromatic carbocycles. The molecule has 0 spiro atoms. The fourth-order valence-corrected chi connectivity index (χ4v) is 0.501. The number of nitrogens with two attached hydrogens (primary N) is 2. The van der Waals surface area contributed by atoms with Gasteiger partial charge in [0.05, 0.1) is 0 Å². The van der Waals surface area contributed by atoms with Crippen molar-refractivity contribution in [3.63, 3.8) is 0 Å². The van der Waals surface area contributed by atoms with Gasteiger partial charge in [0.1, 0.15) is 6.04 Å². The quantitative estimate of drug-likeness (QED) is 0.466. The lowest BCUT2D eigenvalue weighted by Gasteiger charge is -2.07. The molecule has 2 atom stereocenters. The minimum Gasteiger partial charge on any atom is -0.480 e. The van der Waals surface area contributed by atoms with Gasteiger partial charge in [0.25, 0.3) is 0 Å². The van der Waals surface area contributed by atoms with Gasteiger partial charge in [-0.1, -0.05) is 0 Å². The van der Waals surface area contributed by atoms with Crippen molar-refractivity contribution in [2.24, 2.45) is 11.5 Å². The van der Waals surface area contributed by atoms with E-state index in [0.29, 0.717) is 6.42 Å². The minimum atomic E-state index is -0.993. The van der Waals surface area contributed by atoms with Gasteiger partial charge < -0.3 is 16.6 Å². The predicted molar refractivity (Wildman–Crippen MR) is 33.9 cm³/mol. The molecular formula is C5H12N2O2. The Kier molecular flexibility index (Phi) is 3.19. The minimum absolute atomic E-state index is 0.143. The molecule has 0 aliphatic rings. The first-order chi connectivity index (χ1) is 4.04. The molecule has 0 saturated heterocycles. The standard InChI is InChI=1S/C5H12N2O2/c1-3(6)2-4(7)5(8)9/h3-4H,2,6-7H2,1H3,(H,8,9)/t3?,4-/m0/s1. The van der Waals surface area contributed by atoms with Crippen LogP contribution in [0.4, 0.5) is 0 Å².